The van der Waals surface area contributed by atoms with Gasteiger partial charge in [0.2, 0.25) is 0 Å². The number of nitrogens with one attached hydrogen (secondary N) is 1. The molecule has 0 spiro atoms. The number of rotatable bonds is 3. The molecule has 0 radical (unpaired) electrons. The molecular formula is C28H32FNO4. The van der Waals surface area contributed by atoms with Crippen molar-refractivity contribution in [3.8, 4) is 0 Å². The van der Waals surface area contributed by atoms with Gasteiger partial charge in [0, 0.05) is 17.5 Å². The molecule has 0 unspecified atom stereocenters. The Labute approximate surface area is 199 Å². The number of Topliss-reactive ketones (excluding diaryl/α,β-unsaturated/α-hetero) is 1. The maximum Gasteiger partial charge on any atom is 0.412 e. The van der Waals surface area contributed by atoms with Gasteiger partial charge in [-0.2, -0.15) is 0 Å². The topological polar surface area (TPSA) is 72.5 Å². The van der Waals surface area contributed by atoms with Crippen LogP contribution in [0.2, 0.25) is 0 Å². The van der Waals surface area contributed by atoms with E-state index in [0.29, 0.717) is 24.4 Å². The molecule has 2 saturated carbocycles. The van der Waals surface area contributed by atoms with Gasteiger partial charge in [-0.3, -0.25) is 14.9 Å². The molecule has 0 heterocycles. The minimum absolute atomic E-state index is 0.0308. The Kier molecular flexibility index (Phi) is 5.34. The number of ether oxygens (including phenoxy) is 1. The summed E-state index contributed by atoms with van der Waals surface area (Å²) in [7, 11) is 0. The van der Waals surface area contributed by atoms with E-state index >= 15 is 0 Å². The van der Waals surface area contributed by atoms with Gasteiger partial charge in [-0.25, -0.2) is 9.18 Å². The molecule has 5 rings (SSSR count). The minimum atomic E-state index is -1.19. The number of hydrogen-bond donors (Lipinski definition) is 1. The van der Waals surface area contributed by atoms with Gasteiger partial charge >= 0.3 is 6.09 Å². The van der Waals surface area contributed by atoms with Crippen LogP contribution in [0.5, 0.6) is 0 Å². The van der Waals surface area contributed by atoms with E-state index in [9.17, 15) is 18.8 Å². The van der Waals surface area contributed by atoms with Crippen LogP contribution in [0.4, 0.5) is 14.9 Å². The Hall–Kier alpha value is -2.76. The first-order valence-corrected chi connectivity index (χ1v) is 12.3. The Balaban J connectivity index is 1.43. The van der Waals surface area contributed by atoms with Gasteiger partial charge in [-0.15, -0.1) is 0 Å². The molecule has 34 heavy (non-hydrogen) atoms. The summed E-state index contributed by atoms with van der Waals surface area (Å²) in [5.74, 6) is 0.579. The first kappa shape index (κ1) is 23.0. The third kappa shape index (κ3) is 3.29. The highest BCUT2D eigenvalue weighted by molar-refractivity contribution is 5.93. The fourth-order valence-electron chi connectivity index (χ4n) is 7.65. The number of carbonyl (C=O) groups excluding carboxylic acids is 3. The fourth-order valence-corrected chi connectivity index (χ4v) is 7.65. The van der Waals surface area contributed by atoms with Crippen LogP contribution >= 0.6 is 0 Å². The monoisotopic (exact) mass is 465 g/mol. The lowest BCUT2D eigenvalue weighted by Crippen LogP contribution is -2.58. The lowest BCUT2D eigenvalue weighted by atomic mass is 9.48. The van der Waals surface area contributed by atoms with Crippen LogP contribution in [0.1, 0.15) is 59.3 Å². The molecule has 180 valence electrons. The van der Waals surface area contributed by atoms with Crippen LogP contribution in [0.3, 0.4) is 0 Å². The van der Waals surface area contributed by atoms with Crippen LogP contribution in [-0.4, -0.2) is 23.3 Å². The fraction of sp³-hybridized carbons (Fsp3) is 0.536. The van der Waals surface area contributed by atoms with E-state index < -0.39 is 22.9 Å². The molecule has 1 N–H and O–H groups in total. The van der Waals surface area contributed by atoms with Crippen molar-refractivity contribution in [3.05, 3.63) is 53.9 Å². The Morgan fingerprint density at radius 2 is 1.76 bits per heavy atom. The average Bonchev–Trinajstić information content (AvgIpc) is 3.09. The van der Waals surface area contributed by atoms with E-state index in [4.69, 9.17) is 4.74 Å². The summed E-state index contributed by atoms with van der Waals surface area (Å²) in [6, 6.07) is 5.47. The zero-order valence-electron chi connectivity index (χ0n) is 20.0. The summed E-state index contributed by atoms with van der Waals surface area (Å²) in [5.41, 5.74) is -0.147. The minimum Gasteiger partial charge on any atom is -0.434 e. The zero-order chi connectivity index (χ0) is 24.3. The van der Waals surface area contributed by atoms with Crippen molar-refractivity contribution in [1.29, 1.82) is 0 Å². The molecule has 6 atom stereocenters. The number of anilines is 1. The van der Waals surface area contributed by atoms with Gasteiger partial charge in [-0.05, 0) is 98.1 Å². The van der Waals surface area contributed by atoms with E-state index in [1.54, 1.807) is 0 Å². The molecule has 4 aliphatic carbocycles. The lowest BCUT2D eigenvalue weighted by Gasteiger charge is -2.57. The molecule has 4 aliphatic rings. The van der Waals surface area contributed by atoms with Crippen molar-refractivity contribution in [2.75, 3.05) is 5.32 Å². The van der Waals surface area contributed by atoms with Gasteiger partial charge in [0.15, 0.2) is 17.2 Å². The number of allylic oxidation sites excluding steroid dienone is 4. The zero-order valence-corrected chi connectivity index (χ0v) is 20.0. The van der Waals surface area contributed by atoms with Crippen molar-refractivity contribution in [2.24, 2.45) is 28.6 Å². The molecule has 0 saturated heterocycles. The molecule has 1 amide bonds. The second kappa shape index (κ2) is 7.89. The largest absolute Gasteiger partial charge is 0.434 e. The predicted molar refractivity (Wildman–Crippen MR) is 127 cm³/mol. The second-order valence-electron chi connectivity index (χ2n) is 11.0. The molecule has 0 bridgehead atoms. The lowest BCUT2D eigenvalue weighted by molar-refractivity contribution is -0.156. The van der Waals surface area contributed by atoms with Gasteiger partial charge in [0.1, 0.15) is 5.82 Å². The number of carbonyl (C=O) groups is 3. The number of ketones is 2. The molecular weight excluding hydrogens is 433 g/mol. The first-order chi connectivity index (χ1) is 16.1. The maximum absolute atomic E-state index is 13.2. The number of fused-ring (bicyclic) bond motifs is 5. The van der Waals surface area contributed by atoms with Gasteiger partial charge < -0.3 is 4.74 Å². The summed E-state index contributed by atoms with van der Waals surface area (Å²) in [6.07, 6.45) is 9.95. The SMILES string of the molecule is CC(=O)[C@@]1(OC(=O)Nc2ccc(F)cc2)CC[C@H]2[C@@H]3C=CC4=CC(=O)CC[C@]4(C)[C@H]3CC[C@@]21C. The van der Waals surface area contributed by atoms with Crippen molar-refractivity contribution < 1.29 is 23.5 Å². The van der Waals surface area contributed by atoms with E-state index in [1.807, 2.05) is 6.08 Å². The van der Waals surface area contributed by atoms with E-state index in [0.717, 1.165) is 31.3 Å². The quantitative estimate of drug-likeness (QED) is 0.593. The normalized spacial score (nSPS) is 38.3. The van der Waals surface area contributed by atoms with Crippen molar-refractivity contribution >= 4 is 23.3 Å². The van der Waals surface area contributed by atoms with E-state index in [1.165, 1.54) is 31.2 Å². The highest BCUT2D eigenvalue weighted by Crippen LogP contribution is 2.67. The van der Waals surface area contributed by atoms with Crippen molar-refractivity contribution in [3.63, 3.8) is 0 Å². The Bertz CT molecular complexity index is 1110. The molecule has 1 aromatic rings. The van der Waals surface area contributed by atoms with E-state index in [2.05, 4.69) is 31.3 Å². The van der Waals surface area contributed by atoms with Crippen LogP contribution in [-0.2, 0) is 14.3 Å². The highest BCUT2D eigenvalue weighted by atomic mass is 19.1. The average molecular weight is 466 g/mol. The van der Waals surface area contributed by atoms with Crippen LogP contribution in [0.15, 0.2) is 48.1 Å². The third-order valence-electron chi connectivity index (χ3n) is 9.56. The second-order valence-corrected chi connectivity index (χ2v) is 11.0. The molecule has 2 fully saturated rings. The maximum atomic E-state index is 13.2. The molecule has 1 aromatic carbocycles. The standard InChI is InChI=1S/C28H32FNO4/c1-17(31)28(34-25(33)30-20-7-5-19(29)6-8-20)15-12-24-22-9-4-18-16-21(32)10-13-26(18,2)23(22)11-14-27(24,28)3/h4-9,16,22-24H,10-15H2,1-3H3,(H,30,33)/t22-,23+,24+,26+,27+,28+/m1/s1. The molecule has 6 heteroatoms. The number of halogens is 1. The van der Waals surface area contributed by atoms with Crippen molar-refractivity contribution in [2.45, 2.75) is 64.9 Å². The summed E-state index contributed by atoms with van der Waals surface area (Å²) in [4.78, 5) is 38.1. The van der Waals surface area contributed by atoms with Gasteiger partial charge in [-0.1, -0.05) is 26.0 Å². The number of benzene rings is 1. The smallest absolute Gasteiger partial charge is 0.412 e. The van der Waals surface area contributed by atoms with E-state index in [-0.39, 0.29) is 28.8 Å². The van der Waals surface area contributed by atoms with Crippen molar-refractivity contribution in [1.82, 2.24) is 0 Å². The highest BCUT2D eigenvalue weighted by Gasteiger charge is 2.67. The third-order valence-corrected chi connectivity index (χ3v) is 9.56. The molecule has 0 aromatic heterocycles. The number of hydrogen-bond acceptors (Lipinski definition) is 4. The van der Waals surface area contributed by atoms with Gasteiger partial charge in [0.05, 0.1) is 0 Å². The molecule has 5 nitrogen and oxygen atoms in total. The first-order valence-electron chi connectivity index (χ1n) is 12.3. The Morgan fingerprint density at radius 3 is 2.47 bits per heavy atom. The summed E-state index contributed by atoms with van der Waals surface area (Å²) < 4.78 is 19.2. The predicted octanol–water partition coefficient (Wildman–Crippen LogP) is 6.01. The van der Waals surface area contributed by atoms with Crippen LogP contribution in [0, 0.1) is 34.4 Å². The van der Waals surface area contributed by atoms with Crippen LogP contribution in [0.25, 0.3) is 0 Å². The summed E-state index contributed by atoms with van der Waals surface area (Å²) in [5, 5.41) is 2.66. The Morgan fingerprint density at radius 1 is 1.06 bits per heavy atom. The number of amides is 1. The summed E-state index contributed by atoms with van der Waals surface area (Å²) >= 11 is 0. The van der Waals surface area contributed by atoms with Crippen LogP contribution < -0.4 is 5.32 Å². The van der Waals surface area contributed by atoms with Gasteiger partial charge in [0.25, 0.3) is 0 Å². The molecule has 0 aliphatic heterocycles. The summed E-state index contributed by atoms with van der Waals surface area (Å²) in [6.45, 7) is 5.92.